The van der Waals surface area contributed by atoms with Gasteiger partial charge >= 0.3 is 0 Å². The number of carbonyl (C=O) groups is 1. The van der Waals surface area contributed by atoms with Crippen molar-refractivity contribution in [2.45, 2.75) is 32.2 Å². The summed E-state index contributed by atoms with van der Waals surface area (Å²) < 4.78 is 7.81. The Bertz CT molecular complexity index is 1100. The third-order valence-electron chi connectivity index (χ3n) is 4.33. The van der Waals surface area contributed by atoms with E-state index in [2.05, 4.69) is 28.2 Å². The molecule has 1 heterocycles. The van der Waals surface area contributed by atoms with E-state index in [1.165, 1.54) is 17.3 Å². The molecule has 0 bridgehead atoms. The van der Waals surface area contributed by atoms with Crippen molar-refractivity contribution in [2.24, 2.45) is 0 Å². The van der Waals surface area contributed by atoms with E-state index in [0.717, 1.165) is 11.3 Å². The van der Waals surface area contributed by atoms with Crippen LogP contribution < -0.4 is 10.1 Å². The fourth-order valence-electron chi connectivity index (χ4n) is 2.86. The van der Waals surface area contributed by atoms with Gasteiger partial charge in [-0.1, -0.05) is 58.7 Å². The number of allylic oxidation sites excluding steroid dienone is 1. The minimum atomic E-state index is -0.213. The van der Waals surface area contributed by atoms with Crippen LogP contribution in [0.25, 0.3) is 0 Å². The number of anilines is 1. The van der Waals surface area contributed by atoms with E-state index in [4.69, 9.17) is 27.9 Å². The Morgan fingerprint density at radius 2 is 2.03 bits per heavy atom. The minimum Gasteiger partial charge on any atom is -0.485 e. The maximum atomic E-state index is 12.3. The molecule has 0 saturated carbocycles. The molecule has 9 heteroatoms. The number of aromatic nitrogens is 3. The minimum absolute atomic E-state index is 0.145. The molecule has 1 amide bonds. The second-order valence-corrected chi connectivity index (χ2v) is 8.60. The number of ether oxygens (including phenoxy) is 1. The number of nitrogens with one attached hydrogen (secondary N) is 1. The van der Waals surface area contributed by atoms with E-state index in [1.54, 1.807) is 24.3 Å². The van der Waals surface area contributed by atoms with Crippen molar-refractivity contribution in [1.29, 1.82) is 0 Å². The normalized spacial score (nSPS) is 10.7. The molecule has 0 saturated heterocycles. The Kier molecular flexibility index (Phi) is 8.01. The monoisotopic (exact) mass is 476 g/mol. The molecule has 3 aromatic rings. The van der Waals surface area contributed by atoms with Crippen LogP contribution in [0.5, 0.6) is 5.75 Å². The van der Waals surface area contributed by atoms with Crippen molar-refractivity contribution < 1.29 is 9.53 Å². The molecule has 3 rings (SSSR count). The molecule has 0 radical (unpaired) electrons. The fourth-order valence-corrected chi connectivity index (χ4v) is 4.08. The number of nitrogens with zero attached hydrogens (tertiary/aromatic N) is 3. The molecule has 1 aromatic heterocycles. The summed E-state index contributed by atoms with van der Waals surface area (Å²) in [6.45, 7) is 8.61. The first-order valence-corrected chi connectivity index (χ1v) is 11.2. The highest BCUT2D eigenvalue weighted by Crippen LogP contribution is 2.26. The van der Waals surface area contributed by atoms with Crippen molar-refractivity contribution in [3.63, 3.8) is 0 Å². The summed E-state index contributed by atoms with van der Waals surface area (Å²) in [4.78, 5) is 12.3. The lowest BCUT2D eigenvalue weighted by Gasteiger charge is -2.11. The first-order chi connectivity index (χ1) is 14.9. The Labute approximate surface area is 195 Å². The molecule has 0 fully saturated rings. The van der Waals surface area contributed by atoms with Gasteiger partial charge in [0.15, 0.2) is 11.0 Å². The average Bonchev–Trinajstić information content (AvgIpc) is 3.10. The number of benzene rings is 2. The Hall–Kier alpha value is -2.48. The zero-order chi connectivity index (χ0) is 22.4. The summed E-state index contributed by atoms with van der Waals surface area (Å²) in [5, 5.41) is 12.7. The number of hydrogen-bond donors (Lipinski definition) is 1. The average molecular weight is 477 g/mol. The maximum absolute atomic E-state index is 12.3. The molecule has 0 aliphatic rings. The lowest BCUT2D eigenvalue weighted by atomic mass is 10.1. The number of hydrogen-bond acceptors (Lipinski definition) is 5. The highest BCUT2D eigenvalue weighted by molar-refractivity contribution is 7.99. The second-order valence-electron chi connectivity index (χ2n) is 6.82. The van der Waals surface area contributed by atoms with E-state index in [0.29, 0.717) is 33.3 Å². The van der Waals surface area contributed by atoms with Crippen LogP contribution in [0.2, 0.25) is 10.0 Å². The summed E-state index contributed by atoms with van der Waals surface area (Å²) >= 11 is 13.3. The van der Waals surface area contributed by atoms with E-state index < -0.39 is 0 Å². The van der Waals surface area contributed by atoms with Gasteiger partial charge in [-0.05, 0) is 43.7 Å². The lowest BCUT2D eigenvalue weighted by molar-refractivity contribution is -0.113. The summed E-state index contributed by atoms with van der Waals surface area (Å²) in [5.74, 6) is 1.39. The van der Waals surface area contributed by atoms with Crippen LogP contribution >= 0.6 is 35.0 Å². The molecular formula is C22H22Cl2N4O2S. The largest absolute Gasteiger partial charge is 0.485 e. The van der Waals surface area contributed by atoms with Gasteiger partial charge in [-0.3, -0.25) is 9.36 Å². The standard InChI is InChI=1S/C22H22Cl2N4O2S/c1-4-9-28-20(12-30-19-8-5-14(2)10-15(19)3)26-27-22(28)31-13-21(29)25-18-7-6-16(23)11-17(18)24/h4-8,10-11H,1,9,12-13H2,2-3H3,(H,25,29). The van der Waals surface area contributed by atoms with Crippen molar-refractivity contribution in [3.05, 3.63) is 76.0 Å². The van der Waals surface area contributed by atoms with Crippen LogP contribution in [0, 0.1) is 13.8 Å². The van der Waals surface area contributed by atoms with Crippen LogP contribution in [-0.4, -0.2) is 26.4 Å². The van der Waals surface area contributed by atoms with Crippen LogP contribution in [0.1, 0.15) is 17.0 Å². The third-order valence-corrected chi connectivity index (χ3v) is 5.84. The third kappa shape index (κ3) is 6.26. The first-order valence-electron chi connectivity index (χ1n) is 9.48. The van der Waals surface area contributed by atoms with Gasteiger partial charge < -0.3 is 10.1 Å². The molecule has 0 atom stereocenters. The van der Waals surface area contributed by atoms with Crippen LogP contribution in [0.4, 0.5) is 5.69 Å². The Balaban J connectivity index is 1.64. The zero-order valence-corrected chi connectivity index (χ0v) is 19.5. The van der Waals surface area contributed by atoms with E-state index in [-0.39, 0.29) is 18.3 Å². The SMILES string of the molecule is C=CCn1c(COc2ccc(C)cc2C)nnc1SCC(=O)Nc1ccc(Cl)cc1Cl. The highest BCUT2D eigenvalue weighted by Gasteiger charge is 2.15. The quantitative estimate of drug-likeness (QED) is 0.316. The van der Waals surface area contributed by atoms with Gasteiger partial charge in [0.2, 0.25) is 5.91 Å². The van der Waals surface area contributed by atoms with Crippen LogP contribution in [-0.2, 0) is 17.9 Å². The van der Waals surface area contributed by atoms with E-state index >= 15 is 0 Å². The number of amides is 1. The Morgan fingerprint density at radius 1 is 1.23 bits per heavy atom. The van der Waals surface area contributed by atoms with Crippen molar-refractivity contribution >= 4 is 46.6 Å². The summed E-state index contributed by atoms with van der Waals surface area (Å²) in [6, 6.07) is 10.9. The predicted molar refractivity (Wildman–Crippen MR) is 126 cm³/mol. The molecular weight excluding hydrogens is 455 g/mol. The number of halogens is 2. The fraction of sp³-hybridized carbons (Fsp3) is 0.227. The lowest BCUT2D eigenvalue weighted by Crippen LogP contribution is -2.15. The highest BCUT2D eigenvalue weighted by atomic mass is 35.5. The summed E-state index contributed by atoms with van der Waals surface area (Å²) in [5.41, 5.74) is 2.74. The molecule has 6 nitrogen and oxygen atoms in total. The maximum Gasteiger partial charge on any atom is 0.234 e. The van der Waals surface area contributed by atoms with Gasteiger partial charge in [-0.25, -0.2) is 0 Å². The second kappa shape index (κ2) is 10.7. The smallest absolute Gasteiger partial charge is 0.234 e. The molecule has 0 spiro atoms. The molecule has 1 N–H and O–H groups in total. The number of rotatable bonds is 9. The molecule has 0 unspecified atom stereocenters. The summed E-state index contributed by atoms with van der Waals surface area (Å²) in [7, 11) is 0. The molecule has 162 valence electrons. The van der Waals surface area contributed by atoms with Gasteiger partial charge in [0.25, 0.3) is 0 Å². The van der Waals surface area contributed by atoms with Gasteiger partial charge in [0.1, 0.15) is 12.4 Å². The van der Waals surface area contributed by atoms with Crippen LogP contribution in [0.3, 0.4) is 0 Å². The van der Waals surface area contributed by atoms with Gasteiger partial charge in [0.05, 0.1) is 16.5 Å². The first kappa shape index (κ1) is 23.2. The molecule has 0 aliphatic carbocycles. The molecule has 0 aliphatic heterocycles. The van der Waals surface area contributed by atoms with Crippen molar-refractivity contribution in [3.8, 4) is 5.75 Å². The van der Waals surface area contributed by atoms with E-state index in [1.807, 2.05) is 30.5 Å². The molecule has 2 aromatic carbocycles. The van der Waals surface area contributed by atoms with Gasteiger partial charge in [0, 0.05) is 11.6 Å². The topological polar surface area (TPSA) is 69.0 Å². The number of thioether (sulfide) groups is 1. The summed E-state index contributed by atoms with van der Waals surface area (Å²) in [6.07, 6.45) is 1.75. The number of aryl methyl sites for hydroxylation is 2. The number of carbonyl (C=O) groups excluding carboxylic acids is 1. The van der Waals surface area contributed by atoms with Crippen LogP contribution in [0.15, 0.2) is 54.2 Å². The van der Waals surface area contributed by atoms with Crippen molar-refractivity contribution in [2.75, 3.05) is 11.1 Å². The van der Waals surface area contributed by atoms with Gasteiger partial charge in [-0.15, -0.1) is 16.8 Å². The predicted octanol–water partition coefficient (Wildman–Crippen LogP) is 5.70. The van der Waals surface area contributed by atoms with E-state index in [9.17, 15) is 4.79 Å². The molecule has 31 heavy (non-hydrogen) atoms. The zero-order valence-electron chi connectivity index (χ0n) is 17.2. The van der Waals surface area contributed by atoms with Gasteiger partial charge in [-0.2, -0.15) is 0 Å². The van der Waals surface area contributed by atoms with Crippen molar-refractivity contribution in [1.82, 2.24) is 14.8 Å². The Morgan fingerprint density at radius 3 is 2.74 bits per heavy atom.